The molecule has 3 aromatic rings. The molecule has 0 bridgehead atoms. The van der Waals surface area contributed by atoms with Crippen LogP contribution in [0.1, 0.15) is 17.4 Å². The maximum absolute atomic E-state index is 13.0. The van der Waals surface area contributed by atoms with Gasteiger partial charge in [-0.15, -0.1) is 0 Å². The number of furan rings is 1. The molecular weight excluding hydrogens is 386 g/mol. The molecular formula is C23H17NO6. The van der Waals surface area contributed by atoms with Crippen LogP contribution in [0.2, 0.25) is 0 Å². The summed E-state index contributed by atoms with van der Waals surface area (Å²) >= 11 is 0. The van der Waals surface area contributed by atoms with Crippen molar-refractivity contribution in [1.29, 1.82) is 0 Å². The van der Waals surface area contributed by atoms with Crippen LogP contribution >= 0.6 is 0 Å². The molecule has 0 saturated carbocycles. The van der Waals surface area contributed by atoms with E-state index in [4.69, 9.17) is 13.9 Å². The monoisotopic (exact) mass is 403 g/mol. The van der Waals surface area contributed by atoms with Crippen LogP contribution in [0.4, 0.5) is 5.69 Å². The first-order chi connectivity index (χ1) is 14.6. The van der Waals surface area contributed by atoms with Gasteiger partial charge in [-0.25, -0.2) is 0 Å². The second kappa shape index (κ2) is 7.11. The molecule has 1 N–H and O–H groups in total. The Labute approximate surface area is 171 Å². The Bertz CT molecular complexity index is 1150. The van der Waals surface area contributed by atoms with E-state index < -0.39 is 17.7 Å². The lowest BCUT2D eigenvalue weighted by Gasteiger charge is -2.25. The van der Waals surface area contributed by atoms with Crippen LogP contribution in [-0.2, 0) is 9.59 Å². The number of carbonyl (C=O) groups excluding carboxylic acids is 2. The zero-order valence-corrected chi connectivity index (χ0v) is 15.8. The number of fused-ring (bicyclic) bond motifs is 1. The molecule has 30 heavy (non-hydrogen) atoms. The van der Waals surface area contributed by atoms with E-state index in [1.165, 1.54) is 11.2 Å². The fraction of sp³-hybridized carbons (Fsp3) is 0.130. The fourth-order valence-electron chi connectivity index (χ4n) is 3.75. The van der Waals surface area contributed by atoms with Gasteiger partial charge in [0.15, 0.2) is 11.5 Å². The van der Waals surface area contributed by atoms with Gasteiger partial charge in [-0.05, 0) is 24.3 Å². The largest absolute Gasteiger partial charge is 0.507 e. The molecule has 3 heterocycles. The Morgan fingerprint density at radius 3 is 2.43 bits per heavy atom. The molecule has 7 heteroatoms. The van der Waals surface area contributed by atoms with Crippen molar-refractivity contribution in [3.8, 4) is 11.5 Å². The molecule has 150 valence electrons. The SMILES string of the molecule is O=C1C(=O)N(c2ccc3c(c2)OCCO3)C(c2ccco2)/C1=C(/O)c1ccccc1. The normalized spacial score (nSPS) is 19.9. The van der Waals surface area contributed by atoms with Crippen LogP contribution in [0.25, 0.3) is 5.76 Å². The summed E-state index contributed by atoms with van der Waals surface area (Å²) in [5.41, 5.74) is 0.847. The third-order valence-corrected chi connectivity index (χ3v) is 5.11. The van der Waals surface area contributed by atoms with Crippen LogP contribution in [-0.4, -0.2) is 30.0 Å². The lowest BCUT2D eigenvalue weighted by atomic mass is 9.99. The molecule has 1 saturated heterocycles. The number of rotatable bonds is 3. The van der Waals surface area contributed by atoms with Crippen molar-refractivity contribution in [2.45, 2.75) is 6.04 Å². The minimum atomic E-state index is -0.914. The van der Waals surface area contributed by atoms with Crippen LogP contribution in [0, 0.1) is 0 Å². The van der Waals surface area contributed by atoms with Crippen LogP contribution < -0.4 is 14.4 Å². The quantitative estimate of drug-likeness (QED) is 0.408. The number of hydrogen-bond donors (Lipinski definition) is 1. The number of aliphatic hydroxyl groups excluding tert-OH is 1. The van der Waals surface area contributed by atoms with Gasteiger partial charge in [0, 0.05) is 17.3 Å². The van der Waals surface area contributed by atoms with Gasteiger partial charge in [-0.2, -0.15) is 0 Å². The maximum Gasteiger partial charge on any atom is 0.300 e. The number of ether oxygens (including phenoxy) is 2. The van der Waals surface area contributed by atoms with E-state index in [1.807, 2.05) is 0 Å². The zero-order chi connectivity index (χ0) is 20.7. The van der Waals surface area contributed by atoms with E-state index in [1.54, 1.807) is 60.7 Å². The summed E-state index contributed by atoms with van der Waals surface area (Å²) in [4.78, 5) is 27.3. The summed E-state index contributed by atoms with van der Waals surface area (Å²) in [7, 11) is 0. The van der Waals surface area contributed by atoms with Crippen molar-refractivity contribution in [1.82, 2.24) is 0 Å². The second-order valence-corrected chi connectivity index (χ2v) is 6.88. The Hall–Kier alpha value is -4.00. The number of carbonyl (C=O) groups is 2. The smallest absolute Gasteiger partial charge is 0.300 e. The molecule has 1 aromatic heterocycles. The van der Waals surface area contributed by atoms with Crippen molar-refractivity contribution in [2.75, 3.05) is 18.1 Å². The summed E-state index contributed by atoms with van der Waals surface area (Å²) in [6.45, 7) is 0.839. The van der Waals surface area contributed by atoms with Gasteiger partial charge >= 0.3 is 0 Å². The van der Waals surface area contributed by atoms with Crippen LogP contribution in [0.3, 0.4) is 0 Å². The Kier molecular flexibility index (Phi) is 4.28. The Balaban J connectivity index is 1.68. The fourth-order valence-corrected chi connectivity index (χ4v) is 3.75. The average Bonchev–Trinajstić information content (AvgIpc) is 3.41. The summed E-state index contributed by atoms with van der Waals surface area (Å²) < 4.78 is 16.7. The Morgan fingerprint density at radius 1 is 0.933 bits per heavy atom. The number of anilines is 1. The van der Waals surface area contributed by atoms with E-state index >= 15 is 0 Å². The zero-order valence-electron chi connectivity index (χ0n) is 15.8. The highest BCUT2D eigenvalue weighted by Crippen LogP contribution is 2.44. The molecule has 1 unspecified atom stereocenters. The number of nitrogens with zero attached hydrogens (tertiary/aromatic N) is 1. The number of hydrogen-bond acceptors (Lipinski definition) is 6. The first-order valence-corrected chi connectivity index (χ1v) is 9.44. The van der Waals surface area contributed by atoms with E-state index in [2.05, 4.69) is 0 Å². The summed E-state index contributed by atoms with van der Waals surface area (Å²) in [6.07, 6.45) is 1.46. The molecule has 2 aromatic carbocycles. The van der Waals surface area contributed by atoms with E-state index in [0.29, 0.717) is 41.7 Å². The number of aliphatic hydroxyl groups is 1. The molecule has 2 aliphatic heterocycles. The number of ketones is 1. The number of benzene rings is 2. The molecule has 0 radical (unpaired) electrons. The molecule has 0 spiro atoms. The standard InChI is InChI=1S/C23H17NO6/c25-21(14-5-2-1-3-6-14)19-20(17-7-4-10-28-17)24(23(27)22(19)26)15-8-9-16-18(13-15)30-12-11-29-16/h1-10,13,20,25H,11-12H2/b21-19-. The number of amides is 1. The summed E-state index contributed by atoms with van der Waals surface area (Å²) in [5.74, 6) is -0.377. The summed E-state index contributed by atoms with van der Waals surface area (Å²) in [6, 6.07) is 16.1. The molecule has 2 aliphatic rings. The number of Topliss-reactive ketones (excluding diaryl/α,β-unsaturated/α-hetero) is 1. The Morgan fingerprint density at radius 2 is 1.70 bits per heavy atom. The van der Waals surface area contributed by atoms with Crippen LogP contribution in [0.5, 0.6) is 11.5 Å². The van der Waals surface area contributed by atoms with Crippen molar-refractivity contribution < 1.29 is 28.6 Å². The average molecular weight is 403 g/mol. The van der Waals surface area contributed by atoms with Gasteiger partial charge in [0.1, 0.15) is 30.8 Å². The van der Waals surface area contributed by atoms with Gasteiger partial charge in [-0.1, -0.05) is 30.3 Å². The van der Waals surface area contributed by atoms with E-state index in [9.17, 15) is 14.7 Å². The van der Waals surface area contributed by atoms with Crippen molar-refractivity contribution in [2.24, 2.45) is 0 Å². The highest BCUT2D eigenvalue weighted by atomic mass is 16.6. The van der Waals surface area contributed by atoms with Crippen molar-refractivity contribution >= 4 is 23.1 Å². The van der Waals surface area contributed by atoms with Crippen LogP contribution in [0.15, 0.2) is 76.9 Å². The molecule has 1 amide bonds. The lowest BCUT2D eigenvalue weighted by Crippen LogP contribution is -2.29. The van der Waals surface area contributed by atoms with Gasteiger partial charge in [0.2, 0.25) is 0 Å². The highest BCUT2D eigenvalue weighted by Gasteiger charge is 2.48. The van der Waals surface area contributed by atoms with E-state index in [-0.39, 0.29) is 11.3 Å². The summed E-state index contributed by atoms with van der Waals surface area (Å²) in [5, 5.41) is 10.9. The van der Waals surface area contributed by atoms with Gasteiger partial charge < -0.3 is 19.0 Å². The van der Waals surface area contributed by atoms with Gasteiger partial charge in [0.05, 0.1) is 11.8 Å². The third kappa shape index (κ3) is 2.83. The molecule has 1 atom stereocenters. The minimum Gasteiger partial charge on any atom is -0.507 e. The highest BCUT2D eigenvalue weighted by molar-refractivity contribution is 6.51. The molecule has 1 fully saturated rings. The lowest BCUT2D eigenvalue weighted by molar-refractivity contribution is -0.132. The predicted molar refractivity (Wildman–Crippen MR) is 107 cm³/mol. The first-order valence-electron chi connectivity index (χ1n) is 9.44. The molecule has 7 nitrogen and oxygen atoms in total. The predicted octanol–water partition coefficient (Wildman–Crippen LogP) is 3.68. The molecule has 5 rings (SSSR count). The minimum absolute atomic E-state index is 0.0314. The maximum atomic E-state index is 13.0. The van der Waals surface area contributed by atoms with Gasteiger partial charge in [-0.3, -0.25) is 14.5 Å². The second-order valence-electron chi connectivity index (χ2n) is 6.88. The van der Waals surface area contributed by atoms with Crippen molar-refractivity contribution in [3.63, 3.8) is 0 Å². The molecule has 0 aliphatic carbocycles. The first kappa shape index (κ1) is 18.1. The van der Waals surface area contributed by atoms with Gasteiger partial charge in [0.25, 0.3) is 11.7 Å². The van der Waals surface area contributed by atoms with E-state index in [0.717, 1.165) is 0 Å². The third-order valence-electron chi connectivity index (χ3n) is 5.11. The topological polar surface area (TPSA) is 89.2 Å². The van der Waals surface area contributed by atoms with Crippen molar-refractivity contribution in [3.05, 3.63) is 83.8 Å².